The first-order valence-electron chi connectivity index (χ1n) is 9.00. The van der Waals surface area contributed by atoms with Gasteiger partial charge in [0, 0.05) is 12.7 Å². The standard InChI is InChI=1S/C18H26F3N3O2/c1-14-6-11-24(12-7-14)10-3-2-8-22-16(25)15-5-4-9-23-17(15)26-13-18(19,20)21/h4-5,9,14H,2-3,6-8,10-13H2,1H3,(H,22,25). The highest BCUT2D eigenvalue weighted by Crippen LogP contribution is 2.20. The van der Waals surface area contributed by atoms with Crippen molar-refractivity contribution in [2.24, 2.45) is 5.92 Å². The minimum absolute atomic E-state index is 0.0155. The number of halogens is 3. The van der Waals surface area contributed by atoms with Crippen molar-refractivity contribution >= 4 is 5.91 Å². The van der Waals surface area contributed by atoms with E-state index in [1.165, 1.54) is 31.2 Å². The van der Waals surface area contributed by atoms with Gasteiger partial charge in [0.15, 0.2) is 6.61 Å². The van der Waals surface area contributed by atoms with Crippen LogP contribution in [0.1, 0.15) is 43.0 Å². The average molecular weight is 373 g/mol. The molecular formula is C18H26F3N3O2. The number of ether oxygens (including phenoxy) is 1. The molecule has 0 bridgehead atoms. The van der Waals surface area contributed by atoms with Crippen LogP contribution in [0.3, 0.4) is 0 Å². The van der Waals surface area contributed by atoms with E-state index in [4.69, 9.17) is 0 Å². The molecule has 2 heterocycles. The Morgan fingerprint density at radius 2 is 2.08 bits per heavy atom. The Bertz CT molecular complexity index is 573. The number of alkyl halides is 3. The summed E-state index contributed by atoms with van der Waals surface area (Å²) in [5, 5.41) is 2.72. The number of nitrogens with one attached hydrogen (secondary N) is 1. The molecule has 0 atom stereocenters. The summed E-state index contributed by atoms with van der Waals surface area (Å²) in [6.07, 6.45) is 1.08. The number of carbonyl (C=O) groups is 1. The molecule has 0 unspecified atom stereocenters. The molecule has 0 spiro atoms. The lowest BCUT2D eigenvalue weighted by atomic mass is 9.99. The lowest BCUT2D eigenvalue weighted by molar-refractivity contribution is -0.154. The minimum atomic E-state index is -4.47. The molecule has 1 fully saturated rings. The number of rotatable bonds is 8. The third kappa shape index (κ3) is 7.19. The number of pyridine rings is 1. The monoisotopic (exact) mass is 373 g/mol. The first-order valence-corrected chi connectivity index (χ1v) is 9.00. The Hall–Kier alpha value is -1.83. The zero-order chi connectivity index (χ0) is 19.0. The van der Waals surface area contributed by atoms with Crippen LogP contribution in [-0.4, -0.2) is 54.8 Å². The molecule has 1 aromatic heterocycles. The van der Waals surface area contributed by atoms with E-state index in [-0.39, 0.29) is 11.4 Å². The Kier molecular flexibility index (Phi) is 7.68. The quantitative estimate of drug-likeness (QED) is 0.711. The van der Waals surface area contributed by atoms with Gasteiger partial charge < -0.3 is 15.0 Å². The summed E-state index contributed by atoms with van der Waals surface area (Å²) in [6.45, 7) is 4.54. The van der Waals surface area contributed by atoms with Crippen LogP contribution in [0, 0.1) is 5.92 Å². The smallest absolute Gasteiger partial charge is 0.422 e. The highest BCUT2D eigenvalue weighted by atomic mass is 19.4. The van der Waals surface area contributed by atoms with E-state index in [2.05, 4.69) is 26.9 Å². The Balaban J connectivity index is 1.71. The van der Waals surface area contributed by atoms with Crippen molar-refractivity contribution in [2.75, 3.05) is 32.8 Å². The van der Waals surface area contributed by atoms with E-state index in [1.54, 1.807) is 0 Å². The molecule has 0 aromatic carbocycles. The van der Waals surface area contributed by atoms with Crippen LogP contribution < -0.4 is 10.1 Å². The van der Waals surface area contributed by atoms with Crippen molar-refractivity contribution in [3.05, 3.63) is 23.9 Å². The van der Waals surface area contributed by atoms with Gasteiger partial charge in [-0.2, -0.15) is 13.2 Å². The van der Waals surface area contributed by atoms with Crippen molar-refractivity contribution in [2.45, 2.75) is 38.8 Å². The normalized spacial score (nSPS) is 16.5. The van der Waals surface area contributed by atoms with Gasteiger partial charge in [-0.05, 0) is 63.4 Å². The maximum atomic E-state index is 12.3. The number of hydrogen-bond donors (Lipinski definition) is 1. The zero-order valence-electron chi connectivity index (χ0n) is 15.0. The van der Waals surface area contributed by atoms with Gasteiger partial charge in [-0.3, -0.25) is 4.79 Å². The number of carbonyl (C=O) groups excluding carboxylic acids is 1. The number of hydrogen-bond acceptors (Lipinski definition) is 4. The van der Waals surface area contributed by atoms with Gasteiger partial charge in [-0.25, -0.2) is 4.98 Å². The number of unbranched alkanes of at least 4 members (excludes halogenated alkanes) is 1. The predicted octanol–water partition coefficient (Wildman–Crippen LogP) is 3.26. The van der Waals surface area contributed by atoms with Crippen LogP contribution in [0.25, 0.3) is 0 Å². The van der Waals surface area contributed by atoms with Crippen LogP contribution in [0.15, 0.2) is 18.3 Å². The second-order valence-electron chi connectivity index (χ2n) is 6.75. The summed E-state index contributed by atoms with van der Waals surface area (Å²) >= 11 is 0. The average Bonchev–Trinajstić information content (AvgIpc) is 2.61. The fourth-order valence-electron chi connectivity index (χ4n) is 2.87. The van der Waals surface area contributed by atoms with Crippen LogP contribution in [-0.2, 0) is 0 Å². The highest BCUT2D eigenvalue weighted by Gasteiger charge is 2.29. The van der Waals surface area contributed by atoms with Gasteiger partial charge >= 0.3 is 6.18 Å². The van der Waals surface area contributed by atoms with E-state index in [9.17, 15) is 18.0 Å². The maximum absolute atomic E-state index is 12.3. The number of aromatic nitrogens is 1. The molecule has 26 heavy (non-hydrogen) atoms. The summed E-state index contributed by atoms with van der Waals surface area (Å²) in [5.74, 6) is 0.0330. The van der Waals surface area contributed by atoms with Crippen LogP contribution >= 0.6 is 0 Å². The molecule has 0 aliphatic carbocycles. The topological polar surface area (TPSA) is 54.5 Å². The van der Waals surface area contributed by atoms with Crippen molar-refractivity contribution in [1.29, 1.82) is 0 Å². The molecule has 8 heteroatoms. The van der Waals surface area contributed by atoms with Crippen molar-refractivity contribution < 1.29 is 22.7 Å². The summed E-state index contributed by atoms with van der Waals surface area (Å²) in [7, 11) is 0. The molecule has 1 aliphatic rings. The molecule has 5 nitrogen and oxygen atoms in total. The van der Waals surface area contributed by atoms with E-state index in [0.29, 0.717) is 6.54 Å². The molecule has 0 radical (unpaired) electrons. The Morgan fingerprint density at radius 3 is 2.77 bits per heavy atom. The third-order valence-electron chi connectivity index (χ3n) is 4.45. The van der Waals surface area contributed by atoms with Gasteiger partial charge in [0.05, 0.1) is 0 Å². The second-order valence-corrected chi connectivity index (χ2v) is 6.75. The van der Waals surface area contributed by atoms with Gasteiger partial charge in [0.1, 0.15) is 5.56 Å². The first kappa shape index (κ1) is 20.5. The second kappa shape index (κ2) is 9.75. The lowest BCUT2D eigenvalue weighted by Gasteiger charge is -2.30. The van der Waals surface area contributed by atoms with Crippen molar-refractivity contribution in [3.63, 3.8) is 0 Å². The van der Waals surface area contributed by atoms with E-state index in [1.807, 2.05) is 0 Å². The molecule has 1 saturated heterocycles. The molecule has 1 amide bonds. The van der Waals surface area contributed by atoms with E-state index in [0.717, 1.165) is 38.4 Å². The third-order valence-corrected chi connectivity index (χ3v) is 4.45. The minimum Gasteiger partial charge on any atom is -0.467 e. The number of likely N-dealkylation sites (tertiary alicyclic amines) is 1. The number of amides is 1. The van der Waals surface area contributed by atoms with Gasteiger partial charge in [0.25, 0.3) is 5.91 Å². The Labute approximate surface area is 151 Å². The fraction of sp³-hybridized carbons (Fsp3) is 0.667. The van der Waals surface area contributed by atoms with Gasteiger partial charge in [-0.1, -0.05) is 6.92 Å². The summed E-state index contributed by atoms with van der Waals surface area (Å²) in [6, 6.07) is 2.90. The van der Waals surface area contributed by atoms with Gasteiger partial charge in [-0.15, -0.1) is 0 Å². The van der Waals surface area contributed by atoms with Crippen molar-refractivity contribution in [1.82, 2.24) is 15.2 Å². The summed E-state index contributed by atoms with van der Waals surface area (Å²) in [4.78, 5) is 18.3. The van der Waals surface area contributed by atoms with Crippen LogP contribution in [0.5, 0.6) is 5.88 Å². The molecular weight excluding hydrogens is 347 g/mol. The summed E-state index contributed by atoms with van der Waals surface area (Å²) in [5.41, 5.74) is 0.0155. The molecule has 1 N–H and O–H groups in total. The zero-order valence-corrected chi connectivity index (χ0v) is 15.0. The maximum Gasteiger partial charge on any atom is 0.422 e. The first-order chi connectivity index (χ1) is 12.3. The van der Waals surface area contributed by atoms with E-state index >= 15 is 0 Å². The van der Waals surface area contributed by atoms with Crippen LogP contribution in [0.4, 0.5) is 13.2 Å². The Morgan fingerprint density at radius 1 is 1.35 bits per heavy atom. The molecule has 2 rings (SSSR count). The SMILES string of the molecule is CC1CCN(CCCCNC(=O)c2cccnc2OCC(F)(F)F)CC1. The highest BCUT2D eigenvalue weighted by molar-refractivity contribution is 5.96. The van der Waals surface area contributed by atoms with Gasteiger partial charge in [0.2, 0.25) is 5.88 Å². The number of nitrogens with zero attached hydrogens (tertiary/aromatic N) is 2. The van der Waals surface area contributed by atoms with E-state index < -0.39 is 18.7 Å². The van der Waals surface area contributed by atoms with Crippen molar-refractivity contribution in [3.8, 4) is 5.88 Å². The molecule has 1 aliphatic heterocycles. The number of piperidine rings is 1. The molecule has 0 saturated carbocycles. The summed E-state index contributed by atoms with van der Waals surface area (Å²) < 4.78 is 41.5. The lowest BCUT2D eigenvalue weighted by Crippen LogP contribution is -2.34. The predicted molar refractivity (Wildman–Crippen MR) is 92.2 cm³/mol. The van der Waals surface area contributed by atoms with Crippen LogP contribution in [0.2, 0.25) is 0 Å². The molecule has 1 aromatic rings. The largest absolute Gasteiger partial charge is 0.467 e. The molecule has 146 valence electrons. The fourth-order valence-corrected chi connectivity index (χ4v) is 2.87.